The molecule has 6 nitrogen and oxygen atoms in total. The highest BCUT2D eigenvalue weighted by atomic mass is 16.4. The molecule has 1 N–H and O–H groups in total. The van der Waals surface area contributed by atoms with E-state index in [1.165, 1.54) is 11.9 Å². The molecule has 2 rings (SSSR count). The van der Waals surface area contributed by atoms with Gasteiger partial charge in [0.15, 0.2) is 0 Å². The van der Waals surface area contributed by atoms with Gasteiger partial charge >= 0.3 is 5.97 Å². The SMILES string of the molecule is CN(CC(=O)O)C(=O)Cc1ccc2c(c1)CC(=O)N2C. The maximum atomic E-state index is 11.9. The van der Waals surface area contributed by atoms with E-state index in [4.69, 9.17) is 5.11 Å². The van der Waals surface area contributed by atoms with Crippen molar-refractivity contribution in [2.45, 2.75) is 12.8 Å². The van der Waals surface area contributed by atoms with Crippen LogP contribution in [0.5, 0.6) is 0 Å². The third kappa shape index (κ3) is 2.79. The Balaban J connectivity index is 2.09. The Morgan fingerprint density at radius 2 is 2.10 bits per heavy atom. The van der Waals surface area contributed by atoms with E-state index in [0.717, 1.165) is 16.8 Å². The number of fused-ring (bicyclic) bond motifs is 1. The zero-order chi connectivity index (χ0) is 14.9. The third-order valence-electron chi connectivity index (χ3n) is 3.37. The minimum atomic E-state index is -1.04. The monoisotopic (exact) mass is 276 g/mol. The number of nitrogens with zero attached hydrogens (tertiary/aromatic N) is 2. The van der Waals surface area contributed by atoms with Crippen molar-refractivity contribution in [2.75, 3.05) is 25.5 Å². The first kappa shape index (κ1) is 14.0. The molecule has 0 saturated heterocycles. The molecule has 1 aromatic rings. The topological polar surface area (TPSA) is 77.9 Å². The highest BCUT2D eigenvalue weighted by Gasteiger charge is 2.24. The van der Waals surface area contributed by atoms with E-state index in [9.17, 15) is 14.4 Å². The largest absolute Gasteiger partial charge is 0.480 e. The van der Waals surface area contributed by atoms with Gasteiger partial charge in [-0.1, -0.05) is 12.1 Å². The number of hydrogen-bond donors (Lipinski definition) is 1. The average molecular weight is 276 g/mol. The van der Waals surface area contributed by atoms with Crippen molar-refractivity contribution >= 4 is 23.5 Å². The zero-order valence-corrected chi connectivity index (χ0v) is 11.4. The van der Waals surface area contributed by atoms with E-state index in [0.29, 0.717) is 6.42 Å². The van der Waals surface area contributed by atoms with E-state index < -0.39 is 5.97 Å². The summed E-state index contributed by atoms with van der Waals surface area (Å²) in [7, 11) is 3.18. The lowest BCUT2D eigenvalue weighted by Crippen LogP contribution is -2.33. The Morgan fingerprint density at radius 3 is 2.75 bits per heavy atom. The summed E-state index contributed by atoms with van der Waals surface area (Å²) in [6, 6.07) is 5.45. The number of rotatable bonds is 4. The van der Waals surface area contributed by atoms with E-state index in [-0.39, 0.29) is 24.8 Å². The molecule has 1 aliphatic heterocycles. The summed E-state index contributed by atoms with van der Waals surface area (Å²) in [5.74, 6) is -1.27. The normalized spacial score (nSPS) is 13.3. The number of carbonyl (C=O) groups is 3. The van der Waals surface area contributed by atoms with Gasteiger partial charge in [-0.2, -0.15) is 0 Å². The van der Waals surface area contributed by atoms with Crippen molar-refractivity contribution in [3.05, 3.63) is 29.3 Å². The van der Waals surface area contributed by atoms with Crippen molar-refractivity contribution in [3.63, 3.8) is 0 Å². The summed E-state index contributed by atoms with van der Waals surface area (Å²) >= 11 is 0. The molecule has 1 heterocycles. The lowest BCUT2D eigenvalue weighted by Gasteiger charge is -2.15. The van der Waals surface area contributed by atoms with Crippen molar-refractivity contribution in [3.8, 4) is 0 Å². The van der Waals surface area contributed by atoms with Crippen LogP contribution >= 0.6 is 0 Å². The van der Waals surface area contributed by atoms with Gasteiger partial charge in [-0.3, -0.25) is 14.4 Å². The molecule has 0 spiro atoms. The molecule has 0 aliphatic carbocycles. The zero-order valence-electron chi connectivity index (χ0n) is 11.4. The van der Waals surface area contributed by atoms with Crippen LogP contribution in [0.15, 0.2) is 18.2 Å². The van der Waals surface area contributed by atoms with Gasteiger partial charge in [-0.25, -0.2) is 0 Å². The van der Waals surface area contributed by atoms with Crippen LogP contribution in [0.4, 0.5) is 5.69 Å². The Hall–Kier alpha value is -2.37. The molecule has 0 bridgehead atoms. The number of carboxylic acids is 1. The minimum Gasteiger partial charge on any atom is -0.480 e. The Labute approximate surface area is 116 Å². The predicted octanol–water partition coefficient (Wildman–Crippen LogP) is 0.291. The number of carboxylic acid groups (broad SMARTS) is 1. The van der Waals surface area contributed by atoms with Crippen LogP contribution in [0.1, 0.15) is 11.1 Å². The van der Waals surface area contributed by atoms with Gasteiger partial charge in [0.1, 0.15) is 6.54 Å². The Kier molecular flexibility index (Phi) is 3.74. The first-order valence-corrected chi connectivity index (χ1v) is 6.22. The molecule has 0 saturated carbocycles. The molecule has 0 fully saturated rings. The molecule has 20 heavy (non-hydrogen) atoms. The number of benzene rings is 1. The molecule has 0 atom stereocenters. The molecule has 0 radical (unpaired) electrons. The molecule has 0 unspecified atom stereocenters. The Morgan fingerprint density at radius 1 is 1.40 bits per heavy atom. The van der Waals surface area contributed by atoms with Crippen LogP contribution in [-0.2, 0) is 27.2 Å². The van der Waals surface area contributed by atoms with E-state index in [2.05, 4.69) is 0 Å². The van der Waals surface area contributed by atoms with E-state index in [1.807, 2.05) is 12.1 Å². The summed E-state index contributed by atoms with van der Waals surface area (Å²) in [6.45, 7) is -0.314. The van der Waals surface area contributed by atoms with Gasteiger partial charge < -0.3 is 14.9 Å². The van der Waals surface area contributed by atoms with E-state index >= 15 is 0 Å². The summed E-state index contributed by atoms with van der Waals surface area (Å²) in [5, 5.41) is 8.65. The minimum absolute atomic E-state index is 0.0338. The smallest absolute Gasteiger partial charge is 0.323 e. The summed E-state index contributed by atoms with van der Waals surface area (Å²) in [4.78, 5) is 36.8. The fraction of sp³-hybridized carbons (Fsp3) is 0.357. The highest BCUT2D eigenvalue weighted by molar-refractivity contribution is 6.01. The first-order valence-electron chi connectivity index (χ1n) is 6.22. The summed E-state index contributed by atoms with van der Waals surface area (Å²) in [6.07, 6.45) is 0.480. The summed E-state index contributed by atoms with van der Waals surface area (Å²) < 4.78 is 0. The van der Waals surface area contributed by atoms with Gasteiger partial charge in [0.05, 0.1) is 12.8 Å². The van der Waals surface area contributed by atoms with Crippen molar-refractivity contribution in [1.29, 1.82) is 0 Å². The van der Waals surface area contributed by atoms with Crippen LogP contribution in [0, 0.1) is 0 Å². The molecular weight excluding hydrogens is 260 g/mol. The van der Waals surface area contributed by atoms with Crippen LogP contribution in [0.25, 0.3) is 0 Å². The number of likely N-dealkylation sites (N-methyl/N-ethyl adjacent to an activating group) is 2. The number of anilines is 1. The maximum absolute atomic E-state index is 11.9. The molecular formula is C14H16N2O4. The van der Waals surface area contributed by atoms with Crippen molar-refractivity contribution < 1.29 is 19.5 Å². The lowest BCUT2D eigenvalue weighted by atomic mass is 10.1. The van der Waals surface area contributed by atoms with Gasteiger partial charge in [0.2, 0.25) is 11.8 Å². The van der Waals surface area contributed by atoms with Gasteiger partial charge in [-0.05, 0) is 17.2 Å². The van der Waals surface area contributed by atoms with Crippen molar-refractivity contribution in [2.24, 2.45) is 0 Å². The average Bonchev–Trinajstić information content (AvgIpc) is 2.64. The fourth-order valence-corrected chi connectivity index (χ4v) is 2.23. The molecule has 0 aromatic heterocycles. The van der Waals surface area contributed by atoms with Crippen LogP contribution < -0.4 is 4.90 Å². The third-order valence-corrected chi connectivity index (χ3v) is 3.37. The van der Waals surface area contributed by atoms with Crippen LogP contribution in [0.2, 0.25) is 0 Å². The first-order chi connectivity index (χ1) is 9.38. The van der Waals surface area contributed by atoms with Gasteiger partial charge in [0.25, 0.3) is 0 Å². The van der Waals surface area contributed by atoms with E-state index in [1.54, 1.807) is 18.0 Å². The second kappa shape index (κ2) is 5.32. The molecule has 6 heteroatoms. The van der Waals surface area contributed by atoms with Crippen LogP contribution in [0.3, 0.4) is 0 Å². The molecule has 2 amide bonds. The summed E-state index contributed by atoms with van der Waals surface area (Å²) in [5.41, 5.74) is 2.56. The van der Waals surface area contributed by atoms with Gasteiger partial charge in [-0.15, -0.1) is 0 Å². The second-order valence-corrected chi connectivity index (χ2v) is 4.91. The van der Waals surface area contributed by atoms with Crippen molar-refractivity contribution in [1.82, 2.24) is 4.90 Å². The number of carbonyl (C=O) groups excluding carboxylic acids is 2. The second-order valence-electron chi connectivity index (χ2n) is 4.91. The number of aliphatic carboxylic acids is 1. The van der Waals surface area contributed by atoms with Gasteiger partial charge in [0, 0.05) is 19.8 Å². The highest BCUT2D eigenvalue weighted by Crippen LogP contribution is 2.28. The fourth-order valence-electron chi connectivity index (χ4n) is 2.23. The quantitative estimate of drug-likeness (QED) is 0.857. The standard InChI is InChI=1S/C14H16N2O4/c1-15(8-14(19)20)12(17)6-9-3-4-11-10(5-9)7-13(18)16(11)2/h3-5H,6-8H2,1-2H3,(H,19,20). The molecule has 1 aromatic carbocycles. The Bertz CT molecular complexity index is 583. The molecule has 106 valence electrons. The predicted molar refractivity (Wildman–Crippen MR) is 72.5 cm³/mol. The number of hydrogen-bond acceptors (Lipinski definition) is 3. The van der Waals surface area contributed by atoms with Crippen LogP contribution in [-0.4, -0.2) is 48.4 Å². The maximum Gasteiger partial charge on any atom is 0.323 e. The number of amides is 2. The molecule has 1 aliphatic rings. The lowest BCUT2D eigenvalue weighted by molar-refractivity contribution is -0.143.